The molecule has 1 N–H and O–H groups in total. The summed E-state index contributed by atoms with van der Waals surface area (Å²) in [7, 11) is 1.27. The van der Waals surface area contributed by atoms with Crippen LogP contribution in [0.5, 0.6) is 0 Å². The van der Waals surface area contributed by atoms with Crippen molar-refractivity contribution < 1.29 is 19.0 Å². The second-order valence-corrected chi connectivity index (χ2v) is 9.88. The van der Waals surface area contributed by atoms with Crippen molar-refractivity contribution >= 4 is 41.2 Å². The minimum atomic E-state index is -1.27. The number of carbonyl (C=O) groups excluding carboxylic acids is 1. The molecule has 1 atom stereocenters. The Kier molecular flexibility index (Phi) is 8.43. The quantitative estimate of drug-likeness (QED) is 0.140. The standard InChI is InChI=1S/C34H28ClFN2O3/c1-3-7-32(23-8-5-4-6-9-23)38(28-17-22(16-27(36)20-28)10-15-33(39)41-2)34(40)29-13-11-25(19-30(29)35)24-12-14-31-26(18-24)21-37-31/h4-21,34,40H,3H2,1-2H3/b15-10+,32-7-. The molecule has 0 spiro atoms. The van der Waals surface area contributed by atoms with Crippen LogP contribution in [0.2, 0.25) is 5.02 Å². The number of anilines is 1. The topological polar surface area (TPSA) is 62.1 Å². The molecule has 0 radical (unpaired) electrons. The molecule has 0 saturated carbocycles. The Labute approximate surface area is 242 Å². The highest BCUT2D eigenvalue weighted by Crippen LogP contribution is 2.38. The summed E-state index contributed by atoms with van der Waals surface area (Å²) in [5.41, 5.74) is 4.66. The number of hydrogen-bond acceptors (Lipinski definition) is 5. The third-order valence-corrected chi connectivity index (χ3v) is 7.08. The number of esters is 1. The first-order valence-corrected chi connectivity index (χ1v) is 13.5. The van der Waals surface area contributed by atoms with E-state index < -0.39 is 18.0 Å². The predicted octanol–water partition coefficient (Wildman–Crippen LogP) is 6.65. The van der Waals surface area contributed by atoms with Crippen LogP contribution in [0.1, 0.15) is 36.3 Å². The summed E-state index contributed by atoms with van der Waals surface area (Å²) >= 11 is 6.81. The van der Waals surface area contributed by atoms with E-state index in [1.54, 1.807) is 17.0 Å². The van der Waals surface area contributed by atoms with Gasteiger partial charge in [0.25, 0.3) is 0 Å². The summed E-state index contributed by atoms with van der Waals surface area (Å²) in [4.78, 5) is 17.6. The first-order valence-electron chi connectivity index (χ1n) is 13.2. The average molecular weight is 567 g/mol. The molecule has 5 nitrogen and oxygen atoms in total. The minimum Gasteiger partial charge on any atom is -0.466 e. The molecule has 1 heterocycles. The first-order chi connectivity index (χ1) is 19.9. The van der Waals surface area contributed by atoms with Crippen molar-refractivity contribution in [3.05, 3.63) is 135 Å². The molecular formula is C34H28ClFN2O3. The average Bonchev–Trinajstić information content (AvgIpc) is 2.96. The second kappa shape index (κ2) is 12.3. The number of ether oxygens (including phenoxy) is 1. The molecule has 1 aliphatic heterocycles. The number of benzene rings is 4. The summed E-state index contributed by atoms with van der Waals surface area (Å²) in [5.74, 6) is -1.09. The van der Waals surface area contributed by atoms with Crippen molar-refractivity contribution in [3.63, 3.8) is 0 Å². The van der Waals surface area contributed by atoms with Crippen molar-refractivity contribution in [1.82, 2.24) is 0 Å². The van der Waals surface area contributed by atoms with Gasteiger partial charge in [0.1, 0.15) is 5.82 Å². The lowest BCUT2D eigenvalue weighted by atomic mass is 10.0. The zero-order chi connectivity index (χ0) is 28.9. The summed E-state index contributed by atoms with van der Waals surface area (Å²) in [6.07, 6.45) is 5.87. The van der Waals surface area contributed by atoms with Crippen LogP contribution in [0.25, 0.3) is 29.1 Å². The molecule has 4 aromatic rings. The fourth-order valence-corrected chi connectivity index (χ4v) is 4.99. The number of fused-ring (bicyclic) bond motifs is 1. The van der Waals surface area contributed by atoms with E-state index in [0.717, 1.165) is 27.3 Å². The van der Waals surface area contributed by atoms with Crippen molar-refractivity contribution in [1.29, 1.82) is 0 Å². The van der Waals surface area contributed by atoms with Gasteiger partial charge in [-0.15, -0.1) is 0 Å². The van der Waals surface area contributed by atoms with Crippen molar-refractivity contribution in [2.45, 2.75) is 19.6 Å². The van der Waals surface area contributed by atoms with Gasteiger partial charge in [-0.1, -0.05) is 73.1 Å². The Morgan fingerprint density at radius 2 is 1.80 bits per heavy atom. The van der Waals surface area contributed by atoms with Crippen molar-refractivity contribution in [2.75, 3.05) is 12.0 Å². The molecule has 206 valence electrons. The summed E-state index contributed by atoms with van der Waals surface area (Å²) in [5, 5.41) is 14.3. The van der Waals surface area contributed by atoms with E-state index in [1.165, 1.54) is 31.4 Å². The minimum absolute atomic E-state index is 0.363. The lowest BCUT2D eigenvalue weighted by Crippen LogP contribution is -2.30. The molecule has 41 heavy (non-hydrogen) atoms. The number of allylic oxidation sites excluding steroid dienone is 1. The monoisotopic (exact) mass is 566 g/mol. The second-order valence-electron chi connectivity index (χ2n) is 9.47. The summed E-state index contributed by atoms with van der Waals surface area (Å²) < 4.78 is 19.7. The van der Waals surface area contributed by atoms with E-state index in [9.17, 15) is 14.3 Å². The zero-order valence-corrected chi connectivity index (χ0v) is 23.3. The molecule has 0 amide bonds. The number of nitrogens with zero attached hydrogens (tertiary/aromatic N) is 2. The number of carbonyl (C=O) groups is 1. The molecule has 7 heteroatoms. The lowest BCUT2D eigenvalue weighted by Gasteiger charge is -2.34. The Bertz CT molecular complexity index is 1780. The number of hydrogen-bond donors (Lipinski definition) is 1. The number of aliphatic hydroxyl groups is 1. The van der Waals surface area contributed by atoms with Gasteiger partial charge < -0.3 is 14.7 Å². The van der Waals surface area contributed by atoms with E-state index in [-0.39, 0.29) is 0 Å². The Balaban J connectivity index is 1.61. The van der Waals surface area contributed by atoms with E-state index in [4.69, 9.17) is 11.6 Å². The Morgan fingerprint density at radius 1 is 1.05 bits per heavy atom. The SMILES string of the molecule is CC/C=C(/c1ccccc1)N(c1cc(F)cc(/C=C/C(=O)OC)c1)C(O)c1ccc(-c2ccc3c(c2)=CN=3)cc1Cl. The number of methoxy groups -OCH3 is 1. The molecule has 0 aliphatic carbocycles. The number of rotatable bonds is 9. The summed E-state index contributed by atoms with van der Waals surface area (Å²) in [6.45, 7) is 1.99. The van der Waals surface area contributed by atoms with Gasteiger partial charge in [0.15, 0.2) is 6.23 Å². The van der Waals surface area contributed by atoms with Gasteiger partial charge in [0.05, 0.1) is 12.5 Å². The number of aliphatic hydroxyl groups excluding tert-OH is 1. The van der Waals surface area contributed by atoms with Crippen LogP contribution in [-0.4, -0.2) is 18.2 Å². The normalized spacial score (nSPS) is 13.0. The molecule has 4 aromatic carbocycles. The molecule has 1 aliphatic rings. The molecule has 0 aromatic heterocycles. The van der Waals surface area contributed by atoms with Crippen LogP contribution in [0.3, 0.4) is 0 Å². The fourth-order valence-electron chi connectivity index (χ4n) is 4.72. The largest absolute Gasteiger partial charge is 0.466 e. The van der Waals surface area contributed by atoms with Crippen molar-refractivity contribution in [2.24, 2.45) is 4.99 Å². The van der Waals surface area contributed by atoms with Gasteiger partial charge >= 0.3 is 5.97 Å². The van der Waals surface area contributed by atoms with E-state index in [2.05, 4.69) is 9.73 Å². The van der Waals surface area contributed by atoms with Gasteiger partial charge in [0, 0.05) is 39.5 Å². The van der Waals surface area contributed by atoms with E-state index in [0.29, 0.717) is 34.0 Å². The lowest BCUT2D eigenvalue weighted by molar-refractivity contribution is -0.134. The van der Waals surface area contributed by atoms with Crippen LogP contribution in [0.15, 0.2) is 102 Å². The van der Waals surface area contributed by atoms with Gasteiger partial charge in [-0.25, -0.2) is 9.18 Å². The number of halogens is 2. The highest BCUT2D eigenvalue weighted by Gasteiger charge is 2.26. The highest BCUT2D eigenvalue weighted by atomic mass is 35.5. The van der Waals surface area contributed by atoms with Crippen LogP contribution in [0.4, 0.5) is 10.1 Å². The Morgan fingerprint density at radius 3 is 2.46 bits per heavy atom. The van der Waals surface area contributed by atoms with Crippen LogP contribution in [0, 0.1) is 5.82 Å². The van der Waals surface area contributed by atoms with Gasteiger partial charge in [-0.3, -0.25) is 4.99 Å². The van der Waals surface area contributed by atoms with E-state index in [1.807, 2.05) is 79.9 Å². The first kappa shape index (κ1) is 28.0. The van der Waals surface area contributed by atoms with Crippen LogP contribution >= 0.6 is 11.6 Å². The maximum absolute atomic E-state index is 15.0. The van der Waals surface area contributed by atoms with E-state index >= 15 is 0 Å². The maximum Gasteiger partial charge on any atom is 0.330 e. The molecule has 5 rings (SSSR count). The molecular weight excluding hydrogens is 539 g/mol. The zero-order valence-electron chi connectivity index (χ0n) is 22.6. The molecule has 0 fully saturated rings. The summed E-state index contributed by atoms with van der Waals surface area (Å²) in [6, 6.07) is 25.4. The molecule has 0 saturated heterocycles. The van der Waals surface area contributed by atoms with Crippen molar-refractivity contribution in [3.8, 4) is 11.1 Å². The Hall–Kier alpha value is -4.52. The van der Waals surface area contributed by atoms with Gasteiger partial charge in [0.2, 0.25) is 0 Å². The van der Waals surface area contributed by atoms with Crippen LogP contribution in [-0.2, 0) is 9.53 Å². The van der Waals surface area contributed by atoms with Gasteiger partial charge in [-0.2, -0.15) is 0 Å². The fraction of sp³-hybridized carbons (Fsp3) is 0.118. The molecule has 1 unspecified atom stereocenters. The van der Waals surface area contributed by atoms with Gasteiger partial charge in [-0.05, 0) is 71.1 Å². The third kappa shape index (κ3) is 6.14. The smallest absolute Gasteiger partial charge is 0.330 e. The maximum atomic E-state index is 15.0. The van der Waals surface area contributed by atoms with Crippen LogP contribution < -0.4 is 15.5 Å². The third-order valence-electron chi connectivity index (χ3n) is 6.75. The predicted molar refractivity (Wildman–Crippen MR) is 162 cm³/mol. The molecule has 0 bridgehead atoms. The highest BCUT2D eigenvalue weighted by molar-refractivity contribution is 6.31.